The summed E-state index contributed by atoms with van der Waals surface area (Å²) < 4.78 is 5.19. The Labute approximate surface area is 68.0 Å². The van der Waals surface area contributed by atoms with E-state index in [0.717, 1.165) is 10.3 Å². The molecule has 1 N–H and O–H groups in total. The molecule has 0 unspecified atom stereocenters. The Morgan fingerprint density at radius 3 is 3.36 bits per heavy atom. The molecule has 3 nitrogen and oxygen atoms in total. The Balaban J connectivity index is 2.42. The summed E-state index contributed by atoms with van der Waals surface area (Å²) in [7, 11) is 0. The number of ether oxygens (including phenoxy) is 1. The number of hydrogen-bond donors (Lipinski definition) is 1. The molecule has 0 saturated heterocycles. The summed E-state index contributed by atoms with van der Waals surface area (Å²) in [5, 5.41) is 2.00. The number of aromatic nitrogens is 2. The molecule has 2 aromatic heterocycles. The minimum Gasteiger partial charge on any atom is -0.465 e. The molecule has 0 atom stereocenters. The van der Waals surface area contributed by atoms with Gasteiger partial charge in [0.25, 0.3) is 6.01 Å². The summed E-state index contributed by atoms with van der Waals surface area (Å²) >= 11 is 1.61. The molecule has 0 amide bonds. The lowest BCUT2D eigenvalue weighted by Crippen LogP contribution is -1.92. The summed E-state index contributed by atoms with van der Waals surface area (Å²) in [4.78, 5) is 8.26. The number of imidazole rings is 1. The van der Waals surface area contributed by atoms with Gasteiger partial charge >= 0.3 is 0 Å². The number of thiophene rings is 1. The Hall–Kier alpha value is -1.03. The van der Waals surface area contributed by atoms with Crippen LogP contribution in [0.5, 0.6) is 6.01 Å². The molecule has 2 rings (SSSR count). The molecule has 0 aliphatic heterocycles. The Bertz CT molecular complexity index is 323. The van der Waals surface area contributed by atoms with Crippen molar-refractivity contribution in [1.29, 1.82) is 0 Å². The van der Waals surface area contributed by atoms with E-state index < -0.39 is 0 Å². The molecule has 2 heterocycles. The number of rotatable bonds is 2. The molecule has 58 valence electrons. The van der Waals surface area contributed by atoms with Gasteiger partial charge in [-0.3, -0.25) is 0 Å². The molecule has 0 fully saturated rings. The van der Waals surface area contributed by atoms with Gasteiger partial charge in [0.05, 0.1) is 12.1 Å². The van der Waals surface area contributed by atoms with Gasteiger partial charge in [-0.1, -0.05) is 0 Å². The van der Waals surface area contributed by atoms with Gasteiger partial charge in [0.15, 0.2) is 0 Å². The molecule has 11 heavy (non-hydrogen) atoms. The van der Waals surface area contributed by atoms with E-state index in [1.807, 2.05) is 18.4 Å². The summed E-state index contributed by atoms with van der Waals surface area (Å²) in [6.07, 6.45) is 0. The first-order valence-electron chi connectivity index (χ1n) is 3.46. The normalized spacial score (nSPS) is 10.6. The van der Waals surface area contributed by atoms with E-state index in [1.54, 1.807) is 11.3 Å². The summed E-state index contributed by atoms with van der Waals surface area (Å²) in [6.45, 7) is 2.59. The van der Waals surface area contributed by atoms with Crippen molar-refractivity contribution in [2.24, 2.45) is 0 Å². The zero-order chi connectivity index (χ0) is 7.68. The van der Waals surface area contributed by atoms with Gasteiger partial charge in [-0.15, -0.1) is 11.3 Å². The third-order valence-corrected chi connectivity index (χ3v) is 2.18. The summed E-state index contributed by atoms with van der Waals surface area (Å²) in [5.74, 6) is 0. The van der Waals surface area contributed by atoms with Crippen molar-refractivity contribution in [3.63, 3.8) is 0 Å². The van der Waals surface area contributed by atoms with E-state index in [0.29, 0.717) is 12.6 Å². The fourth-order valence-electron chi connectivity index (χ4n) is 0.923. The van der Waals surface area contributed by atoms with Crippen LogP contribution in [-0.2, 0) is 0 Å². The van der Waals surface area contributed by atoms with Gasteiger partial charge in [0, 0.05) is 0 Å². The first-order valence-corrected chi connectivity index (χ1v) is 4.34. The molecular weight excluding hydrogens is 160 g/mol. The highest BCUT2D eigenvalue weighted by Gasteiger charge is 2.02. The Morgan fingerprint density at radius 1 is 1.73 bits per heavy atom. The van der Waals surface area contributed by atoms with E-state index in [-0.39, 0.29) is 0 Å². The molecule has 0 aliphatic carbocycles. The SMILES string of the molecule is CCOc1nc2sccc2[nH]1. The average molecular weight is 168 g/mol. The molecule has 0 radical (unpaired) electrons. The molecule has 2 aromatic rings. The van der Waals surface area contributed by atoms with Gasteiger partial charge in [0.1, 0.15) is 4.83 Å². The molecule has 4 heteroatoms. The third-order valence-electron chi connectivity index (χ3n) is 1.37. The van der Waals surface area contributed by atoms with E-state index in [2.05, 4.69) is 9.97 Å². The van der Waals surface area contributed by atoms with Crippen molar-refractivity contribution in [2.75, 3.05) is 6.61 Å². The second-order valence-corrected chi connectivity index (χ2v) is 3.01. The van der Waals surface area contributed by atoms with E-state index in [4.69, 9.17) is 4.74 Å². The van der Waals surface area contributed by atoms with Crippen LogP contribution in [0.25, 0.3) is 10.3 Å². The average Bonchev–Trinajstić information content (AvgIpc) is 2.46. The zero-order valence-electron chi connectivity index (χ0n) is 6.13. The van der Waals surface area contributed by atoms with Crippen LogP contribution in [0.2, 0.25) is 0 Å². The van der Waals surface area contributed by atoms with Crippen molar-refractivity contribution in [3.8, 4) is 6.01 Å². The highest BCUT2D eigenvalue weighted by atomic mass is 32.1. The third kappa shape index (κ3) is 1.09. The molecule has 0 aromatic carbocycles. The van der Waals surface area contributed by atoms with Crippen LogP contribution >= 0.6 is 11.3 Å². The molecule has 0 aliphatic rings. The van der Waals surface area contributed by atoms with Crippen LogP contribution in [0.3, 0.4) is 0 Å². The molecule has 0 bridgehead atoms. The van der Waals surface area contributed by atoms with Crippen LogP contribution in [0, 0.1) is 0 Å². The van der Waals surface area contributed by atoms with Gasteiger partial charge in [0.2, 0.25) is 0 Å². The molecule has 0 spiro atoms. The monoisotopic (exact) mass is 168 g/mol. The van der Waals surface area contributed by atoms with Crippen LogP contribution in [0.4, 0.5) is 0 Å². The van der Waals surface area contributed by atoms with Gasteiger partial charge < -0.3 is 9.72 Å². The van der Waals surface area contributed by atoms with Gasteiger partial charge in [-0.25, -0.2) is 0 Å². The van der Waals surface area contributed by atoms with Crippen molar-refractivity contribution >= 4 is 21.7 Å². The number of hydrogen-bond acceptors (Lipinski definition) is 3. The summed E-state index contributed by atoms with van der Waals surface area (Å²) in [6, 6.07) is 2.62. The highest BCUT2D eigenvalue weighted by Crippen LogP contribution is 2.20. The van der Waals surface area contributed by atoms with Gasteiger partial charge in [-0.2, -0.15) is 4.98 Å². The fourth-order valence-corrected chi connectivity index (χ4v) is 1.64. The summed E-state index contributed by atoms with van der Waals surface area (Å²) in [5.41, 5.74) is 1.05. The topological polar surface area (TPSA) is 37.9 Å². The molecular formula is C7H8N2OS. The minimum absolute atomic E-state index is 0.620. The van der Waals surface area contributed by atoms with Crippen LogP contribution in [0.1, 0.15) is 6.92 Å². The van der Waals surface area contributed by atoms with Crippen molar-refractivity contribution in [1.82, 2.24) is 9.97 Å². The lowest BCUT2D eigenvalue weighted by molar-refractivity contribution is 0.317. The van der Waals surface area contributed by atoms with Crippen LogP contribution in [-0.4, -0.2) is 16.6 Å². The van der Waals surface area contributed by atoms with E-state index >= 15 is 0 Å². The quantitative estimate of drug-likeness (QED) is 0.745. The predicted octanol–water partition coefficient (Wildman–Crippen LogP) is 2.02. The maximum Gasteiger partial charge on any atom is 0.295 e. The highest BCUT2D eigenvalue weighted by molar-refractivity contribution is 7.16. The maximum atomic E-state index is 5.19. The number of fused-ring (bicyclic) bond motifs is 1. The van der Waals surface area contributed by atoms with E-state index in [9.17, 15) is 0 Å². The maximum absolute atomic E-state index is 5.19. The second-order valence-electron chi connectivity index (χ2n) is 2.11. The van der Waals surface area contributed by atoms with Crippen molar-refractivity contribution in [2.45, 2.75) is 6.92 Å². The number of nitrogens with zero attached hydrogens (tertiary/aromatic N) is 1. The number of H-pyrrole nitrogens is 1. The first kappa shape index (κ1) is 6.67. The van der Waals surface area contributed by atoms with E-state index in [1.165, 1.54) is 0 Å². The number of nitrogens with one attached hydrogen (secondary N) is 1. The standard InChI is InChI=1S/C7H8N2OS/c1-2-10-7-8-5-3-4-11-6(5)9-7/h3-4H,2H2,1H3,(H,8,9). The lowest BCUT2D eigenvalue weighted by Gasteiger charge is -1.93. The second kappa shape index (κ2) is 2.54. The minimum atomic E-state index is 0.620. The molecule has 0 saturated carbocycles. The number of aromatic amines is 1. The van der Waals surface area contributed by atoms with Gasteiger partial charge in [-0.05, 0) is 18.4 Å². The predicted molar refractivity (Wildman–Crippen MR) is 45.1 cm³/mol. The van der Waals surface area contributed by atoms with Crippen molar-refractivity contribution < 1.29 is 4.74 Å². The van der Waals surface area contributed by atoms with Crippen LogP contribution in [0.15, 0.2) is 11.4 Å². The first-order chi connectivity index (χ1) is 5.40. The fraction of sp³-hybridized carbons (Fsp3) is 0.286. The smallest absolute Gasteiger partial charge is 0.295 e. The largest absolute Gasteiger partial charge is 0.465 e. The lowest BCUT2D eigenvalue weighted by atomic mass is 10.6. The Kier molecular flexibility index (Phi) is 1.54. The zero-order valence-corrected chi connectivity index (χ0v) is 6.94. The van der Waals surface area contributed by atoms with Crippen LogP contribution < -0.4 is 4.74 Å². The Morgan fingerprint density at radius 2 is 2.64 bits per heavy atom. The van der Waals surface area contributed by atoms with Crippen molar-refractivity contribution in [3.05, 3.63) is 11.4 Å².